The minimum atomic E-state index is -3.95. The van der Waals surface area contributed by atoms with Crippen molar-refractivity contribution < 1.29 is 17.3 Å². The first-order valence-corrected chi connectivity index (χ1v) is 10.8. The molecule has 1 N–H and O–H groups in total. The van der Waals surface area contributed by atoms with Crippen molar-refractivity contribution in [1.29, 1.82) is 0 Å². The topological polar surface area (TPSA) is 64.6 Å². The lowest BCUT2D eigenvalue weighted by Gasteiger charge is -2.14. The van der Waals surface area contributed by atoms with Crippen LogP contribution in [0, 0.1) is 13.8 Å². The number of halogens is 1. The first-order valence-electron chi connectivity index (χ1n) is 8.96. The number of hydrogen-bond acceptors (Lipinski definition) is 5. The summed E-state index contributed by atoms with van der Waals surface area (Å²) < 4.78 is 35.7. The van der Waals surface area contributed by atoms with Gasteiger partial charge in [0.15, 0.2) is 11.5 Å². The number of methoxy groups -OCH3 is 1. The van der Waals surface area contributed by atoms with E-state index in [0.717, 1.165) is 22.4 Å². The lowest BCUT2D eigenvalue weighted by Crippen LogP contribution is -2.10. The molecule has 0 bridgehead atoms. The molecule has 0 amide bonds. The molecule has 7 heteroatoms. The highest BCUT2D eigenvalue weighted by atomic mass is 35.5. The summed E-state index contributed by atoms with van der Waals surface area (Å²) in [6.45, 7) is 4.40. The number of anilines is 1. The number of aryl methyl sites for hydroxylation is 2. The first-order chi connectivity index (χ1) is 13.8. The van der Waals surface area contributed by atoms with Crippen molar-refractivity contribution in [3.63, 3.8) is 0 Å². The Morgan fingerprint density at radius 2 is 1.66 bits per heavy atom. The highest BCUT2D eigenvalue weighted by Gasteiger charge is 2.19. The normalized spacial score (nSPS) is 11.2. The van der Waals surface area contributed by atoms with Crippen LogP contribution in [0.2, 0.25) is 5.02 Å². The van der Waals surface area contributed by atoms with Crippen LogP contribution in [0.3, 0.4) is 0 Å². The maximum Gasteiger partial charge on any atom is 0.339 e. The summed E-state index contributed by atoms with van der Waals surface area (Å²) in [6.07, 6.45) is 0. The van der Waals surface area contributed by atoms with Crippen molar-refractivity contribution in [1.82, 2.24) is 0 Å². The van der Waals surface area contributed by atoms with Crippen molar-refractivity contribution in [2.45, 2.75) is 25.3 Å². The summed E-state index contributed by atoms with van der Waals surface area (Å²) in [5.74, 6) is 0.471. The van der Waals surface area contributed by atoms with Crippen LogP contribution >= 0.6 is 11.6 Å². The van der Waals surface area contributed by atoms with E-state index in [2.05, 4.69) is 5.32 Å². The molecule has 0 aromatic heterocycles. The molecule has 0 spiro atoms. The summed E-state index contributed by atoms with van der Waals surface area (Å²) in [4.78, 5) is 0.0901. The van der Waals surface area contributed by atoms with Crippen LogP contribution in [0.15, 0.2) is 65.6 Å². The van der Waals surface area contributed by atoms with Crippen LogP contribution in [-0.2, 0) is 16.7 Å². The van der Waals surface area contributed by atoms with E-state index in [4.69, 9.17) is 20.5 Å². The molecular weight excluding hydrogens is 410 g/mol. The Kier molecular flexibility index (Phi) is 6.35. The van der Waals surface area contributed by atoms with Gasteiger partial charge in [-0.25, -0.2) is 0 Å². The molecule has 0 aliphatic rings. The summed E-state index contributed by atoms with van der Waals surface area (Å²) in [7, 11) is -2.48. The minimum Gasteiger partial charge on any atom is -0.493 e. The molecule has 0 atom stereocenters. The van der Waals surface area contributed by atoms with Gasteiger partial charge in [0.25, 0.3) is 0 Å². The molecule has 0 heterocycles. The Hall–Kier alpha value is -2.70. The van der Waals surface area contributed by atoms with Crippen molar-refractivity contribution in [3.05, 3.63) is 82.4 Å². The number of ether oxygens (including phenoxy) is 1. The van der Waals surface area contributed by atoms with Crippen molar-refractivity contribution in [3.8, 4) is 11.5 Å². The molecular formula is C22H22ClNO4S. The molecule has 0 aliphatic carbocycles. The maximum atomic E-state index is 12.5. The number of benzene rings is 3. The summed E-state index contributed by atoms with van der Waals surface area (Å²) in [6, 6.07) is 17.2. The van der Waals surface area contributed by atoms with E-state index in [1.165, 1.54) is 19.2 Å². The lowest BCUT2D eigenvalue weighted by atomic mass is 10.1. The number of hydrogen-bond donors (Lipinski definition) is 1. The second-order valence-corrected chi connectivity index (χ2v) is 8.63. The molecule has 3 aromatic carbocycles. The molecule has 0 radical (unpaired) electrons. The van der Waals surface area contributed by atoms with Gasteiger partial charge in [0, 0.05) is 17.3 Å². The van der Waals surface area contributed by atoms with Crippen LogP contribution in [0.25, 0.3) is 0 Å². The Morgan fingerprint density at radius 3 is 2.34 bits per heavy atom. The molecule has 5 nitrogen and oxygen atoms in total. The van der Waals surface area contributed by atoms with Gasteiger partial charge in [-0.3, -0.25) is 0 Å². The third-order valence-corrected chi connectivity index (χ3v) is 5.90. The van der Waals surface area contributed by atoms with Crippen LogP contribution < -0.4 is 14.2 Å². The Bertz CT molecular complexity index is 1110. The zero-order chi connectivity index (χ0) is 21.0. The van der Waals surface area contributed by atoms with Gasteiger partial charge in [-0.1, -0.05) is 41.4 Å². The fourth-order valence-electron chi connectivity index (χ4n) is 2.74. The van der Waals surface area contributed by atoms with E-state index < -0.39 is 10.1 Å². The van der Waals surface area contributed by atoms with Gasteiger partial charge in [0.2, 0.25) is 0 Å². The highest BCUT2D eigenvalue weighted by molar-refractivity contribution is 7.87. The summed E-state index contributed by atoms with van der Waals surface area (Å²) in [5, 5.41) is 3.97. The third-order valence-electron chi connectivity index (χ3n) is 4.42. The van der Waals surface area contributed by atoms with E-state index in [-0.39, 0.29) is 10.6 Å². The standard InChI is InChI=1S/C22H22ClNO4S/c1-15-4-9-19(10-5-15)29(25,26)28-21-11-7-17(12-22(21)27-3)14-24-20-13-18(23)8-6-16(20)2/h4-13,24H,14H2,1-3H3. The van der Waals surface area contributed by atoms with E-state index in [9.17, 15) is 8.42 Å². The van der Waals surface area contributed by atoms with E-state index in [0.29, 0.717) is 17.3 Å². The fourth-order valence-corrected chi connectivity index (χ4v) is 3.86. The number of nitrogens with one attached hydrogen (secondary N) is 1. The predicted octanol–water partition coefficient (Wildman–Crippen LogP) is 5.35. The molecule has 3 rings (SSSR count). The maximum absolute atomic E-state index is 12.5. The van der Waals surface area contributed by atoms with E-state index in [1.54, 1.807) is 30.3 Å². The number of rotatable bonds is 7. The average molecular weight is 432 g/mol. The van der Waals surface area contributed by atoms with Gasteiger partial charge >= 0.3 is 10.1 Å². The predicted molar refractivity (Wildman–Crippen MR) is 116 cm³/mol. The van der Waals surface area contributed by atoms with Gasteiger partial charge in [-0.05, 0) is 61.4 Å². The van der Waals surface area contributed by atoms with Gasteiger partial charge in [0.05, 0.1) is 7.11 Å². The van der Waals surface area contributed by atoms with Crippen LogP contribution in [0.4, 0.5) is 5.69 Å². The third kappa shape index (κ3) is 5.22. The SMILES string of the molecule is COc1cc(CNc2cc(Cl)ccc2C)ccc1OS(=O)(=O)c1ccc(C)cc1. The molecule has 0 aliphatic heterocycles. The molecule has 0 unspecified atom stereocenters. The van der Waals surface area contributed by atoms with Crippen molar-refractivity contribution in [2.24, 2.45) is 0 Å². The van der Waals surface area contributed by atoms with Gasteiger partial charge in [-0.15, -0.1) is 0 Å². The molecule has 152 valence electrons. The highest BCUT2D eigenvalue weighted by Crippen LogP contribution is 2.31. The van der Waals surface area contributed by atoms with E-state index >= 15 is 0 Å². The van der Waals surface area contributed by atoms with Crippen LogP contribution in [0.5, 0.6) is 11.5 Å². The zero-order valence-corrected chi connectivity index (χ0v) is 18.0. The molecule has 0 saturated carbocycles. The van der Waals surface area contributed by atoms with Gasteiger partial charge < -0.3 is 14.2 Å². The molecule has 0 saturated heterocycles. The second-order valence-electron chi connectivity index (χ2n) is 6.65. The molecule has 0 fully saturated rings. The Balaban J connectivity index is 1.78. The van der Waals surface area contributed by atoms with E-state index in [1.807, 2.05) is 32.0 Å². The Morgan fingerprint density at radius 1 is 0.931 bits per heavy atom. The van der Waals surface area contributed by atoms with Crippen LogP contribution in [0.1, 0.15) is 16.7 Å². The smallest absolute Gasteiger partial charge is 0.339 e. The fraction of sp³-hybridized carbons (Fsp3) is 0.182. The van der Waals surface area contributed by atoms with Gasteiger partial charge in [-0.2, -0.15) is 8.42 Å². The first kappa shape index (κ1) is 21.0. The molecule has 3 aromatic rings. The monoisotopic (exact) mass is 431 g/mol. The van der Waals surface area contributed by atoms with Crippen LogP contribution in [-0.4, -0.2) is 15.5 Å². The largest absolute Gasteiger partial charge is 0.493 e. The zero-order valence-electron chi connectivity index (χ0n) is 16.4. The molecule has 29 heavy (non-hydrogen) atoms. The quantitative estimate of drug-likeness (QED) is 0.511. The summed E-state index contributed by atoms with van der Waals surface area (Å²) >= 11 is 6.05. The minimum absolute atomic E-state index is 0.0901. The van der Waals surface area contributed by atoms with Crippen molar-refractivity contribution >= 4 is 27.4 Å². The Labute approximate surface area is 176 Å². The van der Waals surface area contributed by atoms with Gasteiger partial charge in [0.1, 0.15) is 4.90 Å². The summed E-state index contributed by atoms with van der Waals surface area (Å²) in [5.41, 5.74) is 3.87. The average Bonchev–Trinajstić information content (AvgIpc) is 2.69. The second kappa shape index (κ2) is 8.76. The lowest BCUT2D eigenvalue weighted by molar-refractivity contribution is 0.390. The van der Waals surface area contributed by atoms with Crippen molar-refractivity contribution in [2.75, 3.05) is 12.4 Å².